The quantitative estimate of drug-likeness (QED) is 0.798. The maximum Gasteiger partial charge on any atom is 0.120 e. The highest BCUT2D eigenvalue weighted by Gasteiger charge is 2.13. The first-order valence-corrected chi connectivity index (χ1v) is 8.30. The molecule has 1 aromatic carbocycles. The summed E-state index contributed by atoms with van der Waals surface area (Å²) in [5, 5.41) is 13.3. The van der Waals surface area contributed by atoms with Gasteiger partial charge in [0.25, 0.3) is 0 Å². The van der Waals surface area contributed by atoms with Gasteiger partial charge in [0.15, 0.2) is 0 Å². The van der Waals surface area contributed by atoms with E-state index in [2.05, 4.69) is 21.2 Å². The predicted octanol–water partition coefficient (Wildman–Crippen LogP) is 3.36. The number of halogens is 1. The first kappa shape index (κ1) is 15.8. The molecule has 0 amide bonds. The van der Waals surface area contributed by atoms with E-state index in [1.165, 1.54) is 32.1 Å². The molecule has 112 valence electrons. The zero-order valence-corrected chi connectivity index (χ0v) is 13.4. The van der Waals surface area contributed by atoms with Gasteiger partial charge in [-0.15, -0.1) is 0 Å². The van der Waals surface area contributed by atoms with E-state index in [1.807, 2.05) is 24.3 Å². The minimum absolute atomic E-state index is 0.327. The average molecular weight is 342 g/mol. The van der Waals surface area contributed by atoms with Crippen LogP contribution in [-0.2, 0) is 0 Å². The fourth-order valence-corrected chi connectivity index (χ4v) is 3.03. The zero-order chi connectivity index (χ0) is 14.2. The van der Waals surface area contributed by atoms with Crippen molar-refractivity contribution in [2.24, 2.45) is 5.92 Å². The van der Waals surface area contributed by atoms with Gasteiger partial charge in [0, 0.05) is 11.0 Å². The van der Waals surface area contributed by atoms with Gasteiger partial charge in [-0.3, -0.25) is 0 Å². The molecule has 1 fully saturated rings. The van der Waals surface area contributed by atoms with Crippen molar-refractivity contribution in [3.05, 3.63) is 28.7 Å². The van der Waals surface area contributed by atoms with Crippen LogP contribution in [0.25, 0.3) is 0 Å². The van der Waals surface area contributed by atoms with Crippen LogP contribution in [0.3, 0.4) is 0 Å². The van der Waals surface area contributed by atoms with Crippen LogP contribution in [0, 0.1) is 5.92 Å². The molecule has 0 aromatic heterocycles. The summed E-state index contributed by atoms with van der Waals surface area (Å²) in [5.74, 6) is 1.58. The van der Waals surface area contributed by atoms with Crippen molar-refractivity contribution in [2.45, 2.75) is 38.2 Å². The van der Waals surface area contributed by atoms with E-state index in [-0.39, 0.29) is 0 Å². The number of aliphatic hydroxyl groups excluding tert-OH is 1. The molecule has 0 saturated heterocycles. The lowest BCUT2D eigenvalue weighted by Gasteiger charge is -2.22. The molecule has 20 heavy (non-hydrogen) atoms. The van der Waals surface area contributed by atoms with Crippen molar-refractivity contribution in [2.75, 3.05) is 19.7 Å². The van der Waals surface area contributed by atoms with Crippen molar-refractivity contribution in [1.29, 1.82) is 0 Å². The molecule has 0 aliphatic heterocycles. The lowest BCUT2D eigenvalue weighted by molar-refractivity contribution is 0.105. The van der Waals surface area contributed by atoms with Gasteiger partial charge < -0.3 is 15.2 Å². The fourth-order valence-electron chi connectivity index (χ4n) is 2.65. The molecule has 1 aliphatic carbocycles. The second kappa shape index (κ2) is 8.65. The number of ether oxygens (including phenoxy) is 1. The Morgan fingerprint density at radius 2 is 2.10 bits per heavy atom. The summed E-state index contributed by atoms with van der Waals surface area (Å²) >= 11 is 3.40. The molecule has 1 saturated carbocycles. The summed E-state index contributed by atoms with van der Waals surface area (Å²) in [6.45, 7) is 1.95. The standard InChI is InChI=1S/C16H24BrNO2/c17-14-7-4-8-16(9-14)20-12-15(19)11-18-10-13-5-2-1-3-6-13/h4,7-9,13,15,18-19H,1-3,5-6,10-12H2. The van der Waals surface area contributed by atoms with Gasteiger partial charge >= 0.3 is 0 Å². The smallest absolute Gasteiger partial charge is 0.120 e. The van der Waals surface area contributed by atoms with Crippen LogP contribution in [0.2, 0.25) is 0 Å². The third-order valence-corrected chi connectivity index (χ3v) is 4.27. The third-order valence-electron chi connectivity index (χ3n) is 3.78. The Morgan fingerprint density at radius 1 is 1.30 bits per heavy atom. The van der Waals surface area contributed by atoms with E-state index in [0.29, 0.717) is 13.2 Å². The van der Waals surface area contributed by atoms with E-state index in [0.717, 1.165) is 22.7 Å². The van der Waals surface area contributed by atoms with Gasteiger partial charge in [0.05, 0.1) is 0 Å². The summed E-state index contributed by atoms with van der Waals surface area (Å²) in [5.41, 5.74) is 0. The monoisotopic (exact) mass is 341 g/mol. The summed E-state index contributed by atoms with van der Waals surface area (Å²) in [6, 6.07) is 7.68. The van der Waals surface area contributed by atoms with Crippen molar-refractivity contribution >= 4 is 15.9 Å². The molecule has 1 aromatic rings. The Kier molecular flexibility index (Phi) is 6.83. The van der Waals surface area contributed by atoms with Gasteiger partial charge in [0.1, 0.15) is 18.5 Å². The van der Waals surface area contributed by atoms with Crippen LogP contribution in [0.15, 0.2) is 28.7 Å². The largest absolute Gasteiger partial charge is 0.491 e. The Hall–Kier alpha value is -0.580. The number of hydrogen-bond acceptors (Lipinski definition) is 3. The van der Waals surface area contributed by atoms with E-state index in [1.54, 1.807) is 0 Å². The summed E-state index contributed by atoms with van der Waals surface area (Å²) in [6.07, 6.45) is 6.31. The van der Waals surface area contributed by atoms with E-state index < -0.39 is 6.10 Å². The molecule has 0 bridgehead atoms. The first-order chi connectivity index (χ1) is 9.74. The van der Waals surface area contributed by atoms with Gasteiger partial charge in [-0.2, -0.15) is 0 Å². The van der Waals surface area contributed by atoms with Gasteiger partial charge in [-0.05, 0) is 43.5 Å². The minimum Gasteiger partial charge on any atom is -0.491 e. The maximum atomic E-state index is 9.91. The van der Waals surface area contributed by atoms with Crippen molar-refractivity contribution < 1.29 is 9.84 Å². The molecule has 2 rings (SSSR count). The maximum absolute atomic E-state index is 9.91. The SMILES string of the molecule is OC(CNCC1CCCCC1)COc1cccc(Br)c1. The number of nitrogens with one attached hydrogen (secondary N) is 1. The second-order valence-electron chi connectivity index (χ2n) is 5.58. The van der Waals surface area contributed by atoms with Crippen LogP contribution >= 0.6 is 15.9 Å². The molecular formula is C16H24BrNO2. The van der Waals surface area contributed by atoms with Crippen molar-refractivity contribution in [3.63, 3.8) is 0 Å². The average Bonchev–Trinajstić information content (AvgIpc) is 2.46. The molecule has 4 heteroatoms. The second-order valence-corrected chi connectivity index (χ2v) is 6.50. The van der Waals surface area contributed by atoms with E-state index in [9.17, 15) is 5.11 Å². The van der Waals surface area contributed by atoms with Crippen LogP contribution < -0.4 is 10.1 Å². The Labute approximate surface area is 129 Å². The Bertz CT molecular complexity index is 394. The summed E-state index contributed by atoms with van der Waals surface area (Å²) in [4.78, 5) is 0. The molecule has 1 atom stereocenters. The number of hydrogen-bond donors (Lipinski definition) is 2. The van der Waals surface area contributed by atoms with Gasteiger partial charge in [0.2, 0.25) is 0 Å². The molecule has 3 nitrogen and oxygen atoms in total. The number of aliphatic hydroxyl groups is 1. The van der Waals surface area contributed by atoms with E-state index in [4.69, 9.17) is 4.74 Å². The lowest BCUT2D eigenvalue weighted by Crippen LogP contribution is -2.34. The number of benzene rings is 1. The van der Waals surface area contributed by atoms with E-state index >= 15 is 0 Å². The topological polar surface area (TPSA) is 41.5 Å². The normalized spacial score (nSPS) is 17.9. The highest BCUT2D eigenvalue weighted by Crippen LogP contribution is 2.22. The van der Waals surface area contributed by atoms with Gasteiger partial charge in [-0.25, -0.2) is 0 Å². The zero-order valence-electron chi connectivity index (χ0n) is 11.9. The summed E-state index contributed by atoms with van der Waals surface area (Å²) in [7, 11) is 0. The lowest BCUT2D eigenvalue weighted by atomic mass is 9.89. The molecule has 0 spiro atoms. The van der Waals surface area contributed by atoms with Crippen LogP contribution in [-0.4, -0.2) is 30.9 Å². The predicted molar refractivity (Wildman–Crippen MR) is 85.1 cm³/mol. The molecule has 1 aliphatic rings. The first-order valence-electron chi connectivity index (χ1n) is 7.51. The van der Waals surface area contributed by atoms with Crippen molar-refractivity contribution in [1.82, 2.24) is 5.32 Å². The summed E-state index contributed by atoms with van der Waals surface area (Å²) < 4.78 is 6.56. The molecular weight excluding hydrogens is 318 g/mol. The van der Waals surface area contributed by atoms with Crippen molar-refractivity contribution in [3.8, 4) is 5.75 Å². The fraction of sp³-hybridized carbons (Fsp3) is 0.625. The molecule has 2 N–H and O–H groups in total. The highest BCUT2D eigenvalue weighted by atomic mass is 79.9. The minimum atomic E-state index is -0.461. The Morgan fingerprint density at radius 3 is 2.85 bits per heavy atom. The van der Waals surface area contributed by atoms with Crippen LogP contribution in [0.5, 0.6) is 5.75 Å². The van der Waals surface area contributed by atoms with Gasteiger partial charge in [-0.1, -0.05) is 41.3 Å². The number of rotatable bonds is 7. The third kappa shape index (κ3) is 5.81. The highest BCUT2D eigenvalue weighted by molar-refractivity contribution is 9.10. The molecule has 1 unspecified atom stereocenters. The Balaban J connectivity index is 1.59. The molecule has 0 heterocycles. The van der Waals surface area contributed by atoms with Crippen LogP contribution in [0.1, 0.15) is 32.1 Å². The van der Waals surface area contributed by atoms with Crippen LogP contribution in [0.4, 0.5) is 0 Å². The molecule has 0 radical (unpaired) electrons.